The van der Waals surface area contributed by atoms with Gasteiger partial charge in [0.2, 0.25) is 10.0 Å². The summed E-state index contributed by atoms with van der Waals surface area (Å²) in [6, 6.07) is 12.1. The van der Waals surface area contributed by atoms with Crippen LogP contribution in [-0.2, 0) is 27.9 Å². The highest BCUT2D eigenvalue weighted by molar-refractivity contribution is 7.89. The second-order valence-corrected chi connectivity index (χ2v) is 9.36. The van der Waals surface area contributed by atoms with Gasteiger partial charge >= 0.3 is 0 Å². The molecular weight excluding hydrogens is 412 g/mol. The first-order chi connectivity index (χ1) is 13.9. The van der Waals surface area contributed by atoms with E-state index in [1.165, 1.54) is 22.5 Å². The minimum atomic E-state index is -3.72. The molecule has 0 aliphatic carbocycles. The van der Waals surface area contributed by atoms with Crippen molar-refractivity contribution in [2.75, 3.05) is 20.2 Å². The van der Waals surface area contributed by atoms with E-state index in [9.17, 15) is 13.2 Å². The molecule has 29 heavy (non-hydrogen) atoms. The van der Waals surface area contributed by atoms with Crippen molar-refractivity contribution in [1.29, 1.82) is 0 Å². The normalized spacial score (nSPS) is 15.2. The summed E-state index contributed by atoms with van der Waals surface area (Å²) in [6.07, 6.45) is 2.69. The highest BCUT2D eigenvalue weighted by atomic mass is 35.5. The van der Waals surface area contributed by atoms with Gasteiger partial charge in [-0.3, -0.25) is 4.79 Å². The molecular formula is C21H25ClN2O4S. The van der Waals surface area contributed by atoms with Crippen molar-refractivity contribution in [3.8, 4) is 0 Å². The second kappa shape index (κ2) is 9.71. The first kappa shape index (κ1) is 21.8. The van der Waals surface area contributed by atoms with Gasteiger partial charge in [0.25, 0.3) is 5.91 Å². The Bertz CT molecular complexity index is 972. The Labute approximate surface area is 176 Å². The van der Waals surface area contributed by atoms with Crippen molar-refractivity contribution >= 4 is 27.5 Å². The summed E-state index contributed by atoms with van der Waals surface area (Å²) in [5.74, 6) is -0.353. The number of sulfonamides is 1. The van der Waals surface area contributed by atoms with Crippen molar-refractivity contribution in [2.45, 2.75) is 37.3 Å². The molecule has 6 nitrogen and oxygen atoms in total. The molecule has 1 heterocycles. The Kier molecular flexibility index (Phi) is 7.29. The van der Waals surface area contributed by atoms with Gasteiger partial charge in [-0.15, -0.1) is 0 Å². The summed E-state index contributed by atoms with van der Waals surface area (Å²) in [4.78, 5) is 12.6. The van der Waals surface area contributed by atoms with Gasteiger partial charge in [0, 0.05) is 32.3 Å². The molecule has 1 N–H and O–H groups in total. The SMILES string of the molecule is COCc1cccc(CNC(=O)c2ccc(Cl)c(S(=O)(=O)N3CCCCC3)c2)c1. The summed E-state index contributed by atoms with van der Waals surface area (Å²) < 4.78 is 32.5. The summed E-state index contributed by atoms with van der Waals surface area (Å²) in [6.45, 7) is 1.78. The Balaban J connectivity index is 1.75. The molecule has 1 saturated heterocycles. The van der Waals surface area contributed by atoms with Gasteiger partial charge in [0.1, 0.15) is 4.90 Å². The average Bonchev–Trinajstić information content (AvgIpc) is 2.73. The Hall–Kier alpha value is -1.93. The highest BCUT2D eigenvalue weighted by Crippen LogP contribution is 2.28. The Morgan fingerprint density at radius 1 is 1.10 bits per heavy atom. The lowest BCUT2D eigenvalue weighted by molar-refractivity contribution is 0.0950. The number of carbonyl (C=O) groups excluding carboxylic acids is 1. The zero-order valence-electron chi connectivity index (χ0n) is 16.4. The van der Waals surface area contributed by atoms with Crippen LogP contribution in [0.5, 0.6) is 0 Å². The topological polar surface area (TPSA) is 75.7 Å². The number of benzene rings is 2. The van der Waals surface area contributed by atoms with Crippen LogP contribution in [0.1, 0.15) is 40.7 Å². The van der Waals surface area contributed by atoms with Gasteiger partial charge in [-0.25, -0.2) is 8.42 Å². The maximum atomic E-state index is 13.0. The molecule has 3 rings (SSSR count). The lowest BCUT2D eigenvalue weighted by Crippen LogP contribution is -2.36. The summed E-state index contributed by atoms with van der Waals surface area (Å²) >= 11 is 6.18. The van der Waals surface area contributed by atoms with E-state index in [-0.39, 0.29) is 21.4 Å². The quantitative estimate of drug-likeness (QED) is 0.719. The van der Waals surface area contributed by atoms with E-state index in [1.54, 1.807) is 7.11 Å². The van der Waals surface area contributed by atoms with E-state index in [0.717, 1.165) is 30.4 Å². The van der Waals surface area contributed by atoms with E-state index in [2.05, 4.69) is 5.32 Å². The second-order valence-electron chi connectivity index (χ2n) is 7.05. The van der Waals surface area contributed by atoms with Crippen molar-refractivity contribution in [3.05, 3.63) is 64.2 Å². The van der Waals surface area contributed by atoms with Crippen LogP contribution in [0, 0.1) is 0 Å². The lowest BCUT2D eigenvalue weighted by Gasteiger charge is -2.26. The molecule has 1 aliphatic rings. The van der Waals surface area contributed by atoms with Gasteiger partial charge in [-0.2, -0.15) is 4.31 Å². The molecule has 1 amide bonds. The number of hydrogen-bond donors (Lipinski definition) is 1. The standard InChI is InChI=1S/C21H25ClN2O4S/c1-28-15-17-7-5-6-16(12-17)14-23-21(25)18-8-9-19(22)20(13-18)29(26,27)24-10-3-2-4-11-24/h5-9,12-13H,2-4,10-11,14-15H2,1H3,(H,23,25). The van der Waals surface area contributed by atoms with Crippen molar-refractivity contribution in [3.63, 3.8) is 0 Å². The maximum absolute atomic E-state index is 13.0. The number of amides is 1. The van der Waals surface area contributed by atoms with Crippen LogP contribution >= 0.6 is 11.6 Å². The smallest absolute Gasteiger partial charge is 0.251 e. The van der Waals surface area contributed by atoms with Crippen LogP contribution in [0.3, 0.4) is 0 Å². The molecule has 0 radical (unpaired) electrons. The van der Waals surface area contributed by atoms with Gasteiger partial charge in [0.15, 0.2) is 0 Å². The first-order valence-electron chi connectivity index (χ1n) is 9.56. The molecule has 2 aromatic carbocycles. The summed E-state index contributed by atoms with van der Waals surface area (Å²) in [7, 11) is -2.09. The summed E-state index contributed by atoms with van der Waals surface area (Å²) in [5, 5.41) is 2.96. The van der Waals surface area contributed by atoms with Crippen LogP contribution in [0.4, 0.5) is 0 Å². The largest absolute Gasteiger partial charge is 0.380 e. The fourth-order valence-corrected chi connectivity index (χ4v) is 5.38. The number of carbonyl (C=O) groups is 1. The van der Waals surface area contributed by atoms with Crippen molar-refractivity contribution < 1.29 is 17.9 Å². The van der Waals surface area contributed by atoms with Gasteiger partial charge in [-0.05, 0) is 42.2 Å². The van der Waals surface area contributed by atoms with Crippen LogP contribution in [0.2, 0.25) is 5.02 Å². The molecule has 0 unspecified atom stereocenters. The number of hydrogen-bond acceptors (Lipinski definition) is 4. The predicted molar refractivity (Wildman–Crippen MR) is 112 cm³/mol. The highest BCUT2D eigenvalue weighted by Gasteiger charge is 2.28. The van der Waals surface area contributed by atoms with Gasteiger partial charge < -0.3 is 10.1 Å². The number of nitrogens with one attached hydrogen (secondary N) is 1. The molecule has 156 valence electrons. The Morgan fingerprint density at radius 3 is 2.55 bits per heavy atom. The zero-order chi connectivity index (χ0) is 20.9. The maximum Gasteiger partial charge on any atom is 0.251 e. The molecule has 0 saturated carbocycles. The fraction of sp³-hybridized carbons (Fsp3) is 0.381. The number of ether oxygens (including phenoxy) is 1. The Morgan fingerprint density at radius 2 is 1.83 bits per heavy atom. The third-order valence-corrected chi connectivity index (χ3v) is 7.26. The fourth-order valence-electron chi connectivity index (χ4n) is 3.37. The molecule has 2 aromatic rings. The number of piperidine rings is 1. The summed E-state index contributed by atoms with van der Waals surface area (Å²) in [5.41, 5.74) is 2.21. The number of halogens is 1. The van der Waals surface area contributed by atoms with E-state index in [1.807, 2.05) is 24.3 Å². The van der Waals surface area contributed by atoms with E-state index in [4.69, 9.17) is 16.3 Å². The minimum Gasteiger partial charge on any atom is -0.380 e. The van der Waals surface area contributed by atoms with Crippen LogP contribution in [0.15, 0.2) is 47.4 Å². The lowest BCUT2D eigenvalue weighted by atomic mass is 10.1. The number of nitrogens with zero attached hydrogens (tertiary/aromatic N) is 1. The molecule has 1 fully saturated rings. The molecule has 8 heteroatoms. The molecule has 0 bridgehead atoms. The minimum absolute atomic E-state index is 0.0178. The third kappa shape index (κ3) is 5.36. The first-order valence-corrected chi connectivity index (χ1v) is 11.4. The van der Waals surface area contributed by atoms with Gasteiger partial charge in [-0.1, -0.05) is 42.3 Å². The van der Waals surface area contributed by atoms with E-state index < -0.39 is 10.0 Å². The van der Waals surface area contributed by atoms with Crippen molar-refractivity contribution in [2.24, 2.45) is 0 Å². The average molecular weight is 437 g/mol. The molecule has 0 aromatic heterocycles. The number of rotatable bonds is 7. The molecule has 1 aliphatic heterocycles. The van der Waals surface area contributed by atoms with E-state index >= 15 is 0 Å². The third-order valence-electron chi connectivity index (χ3n) is 4.88. The van der Waals surface area contributed by atoms with Gasteiger partial charge in [0.05, 0.1) is 11.6 Å². The zero-order valence-corrected chi connectivity index (χ0v) is 17.9. The van der Waals surface area contributed by atoms with Crippen LogP contribution in [0.25, 0.3) is 0 Å². The number of methoxy groups -OCH3 is 1. The van der Waals surface area contributed by atoms with Crippen LogP contribution in [-0.4, -0.2) is 38.8 Å². The van der Waals surface area contributed by atoms with Crippen LogP contribution < -0.4 is 5.32 Å². The molecule has 0 spiro atoms. The predicted octanol–water partition coefficient (Wildman–Crippen LogP) is 3.59. The van der Waals surface area contributed by atoms with E-state index in [0.29, 0.717) is 26.2 Å². The molecule has 0 atom stereocenters. The van der Waals surface area contributed by atoms with Crippen molar-refractivity contribution in [1.82, 2.24) is 9.62 Å². The monoisotopic (exact) mass is 436 g/mol.